The average molecular weight is 448 g/mol. The fourth-order valence-electron chi connectivity index (χ4n) is 3.57. The first kappa shape index (κ1) is 25.2. The zero-order valence-corrected chi connectivity index (χ0v) is 19.4. The molecule has 3 rings (SSSR count). The zero-order chi connectivity index (χ0) is 23.9. The lowest BCUT2D eigenvalue weighted by molar-refractivity contribution is -0.139. The number of hydrogen-bond acceptors (Lipinski definition) is 6. The number of nitrogens with zero attached hydrogens (tertiary/aromatic N) is 2. The van der Waals surface area contributed by atoms with E-state index in [1.54, 1.807) is 6.07 Å². The number of benzene rings is 1. The van der Waals surface area contributed by atoms with Crippen LogP contribution >= 0.6 is 0 Å². The number of ether oxygens (including phenoxy) is 2. The number of aromatic amines is 1. The van der Waals surface area contributed by atoms with Crippen LogP contribution in [0, 0.1) is 0 Å². The van der Waals surface area contributed by atoms with Crippen LogP contribution in [0.2, 0.25) is 0 Å². The number of carbonyl (C=O) groups excluding carboxylic acids is 2. The molecule has 0 bridgehead atoms. The Morgan fingerprint density at radius 1 is 1.31 bits per heavy atom. The smallest absolute Gasteiger partial charge is 0.411 e. The van der Waals surface area contributed by atoms with Crippen molar-refractivity contribution < 1.29 is 29.0 Å². The van der Waals surface area contributed by atoms with Gasteiger partial charge in [0, 0.05) is 30.2 Å². The van der Waals surface area contributed by atoms with Gasteiger partial charge < -0.3 is 24.5 Å². The Hall–Kier alpha value is -3.07. The van der Waals surface area contributed by atoms with E-state index in [4.69, 9.17) is 19.4 Å². The highest BCUT2D eigenvalue weighted by Crippen LogP contribution is 2.31. The van der Waals surface area contributed by atoms with Crippen molar-refractivity contribution in [1.29, 1.82) is 0 Å². The van der Waals surface area contributed by atoms with Gasteiger partial charge in [-0.25, -0.2) is 9.59 Å². The molecule has 0 saturated carbocycles. The number of H-pyrrole nitrogens is 1. The molecule has 1 fully saturated rings. The summed E-state index contributed by atoms with van der Waals surface area (Å²) in [5.41, 5.74) is 1.43. The van der Waals surface area contributed by atoms with E-state index in [9.17, 15) is 9.59 Å². The highest BCUT2D eigenvalue weighted by Gasteiger charge is 2.38. The standard InChI is InChI=1S/C22H31N3O4.CH2O2/c1-22(2,3)29-21(27)25-12-7-9-17(25)20(26)28-18-10-6-8-16-19(18)15(14-23-16)11-13-24(4)5;2-1-3/h6,8,10,14,17,23H,7,9,11-13H2,1-5H3;1H,(H,2,3). The molecule has 1 unspecified atom stereocenters. The van der Waals surface area contributed by atoms with Crippen LogP contribution < -0.4 is 4.74 Å². The molecule has 1 aromatic heterocycles. The second-order valence-electron chi connectivity index (χ2n) is 8.90. The number of hydrogen-bond donors (Lipinski definition) is 2. The van der Waals surface area contributed by atoms with Crippen molar-refractivity contribution in [2.75, 3.05) is 27.2 Å². The number of aromatic nitrogens is 1. The summed E-state index contributed by atoms with van der Waals surface area (Å²) in [7, 11) is 4.06. The van der Waals surface area contributed by atoms with Crippen LogP contribution in [-0.2, 0) is 20.7 Å². The Balaban J connectivity index is 0.00000114. The van der Waals surface area contributed by atoms with Crippen molar-refractivity contribution in [2.45, 2.75) is 51.7 Å². The molecule has 0 radical (unpaired) electrons. The molecule has 9 heteroatoms. The van der Waals surface area contributed by atoms with E-state index in [-0.39, 0.29) is 6.47 Å². The van der Waals surface area contributed by atoms with E-state index in [2.05, 4.69) is 9.88 Å². The van der Waals surface area contributed by atoms with E-state index in [1.807, 2.05) is 53.2 Å². The molecule has 32 heavy (non-hydrogen) atoms. The number of amides is 1. The van der Waals surface area contributed by atoms with Crippen molar-refractivity contribution in [1.82, 2.24) is 14.8 Å². The van der Waals surface area contributed by atoms with Crippen LogP contribution in [-0.4, -0.2) is 77.3 Å². The molecule has 1 aliphatic rings. The third-order valence-electron chi connectivity index (χ3n) is 4.94. The van der Waals surface area contributed by atoms with Crippen molar-refractivity contribution in [3.05, 3.63) is 30.0 Å². The maximum atomic E-state index is 12.9. The molecular weight excluding hydrogens is 414 g/mol. The lowest BCUT2D eigenvalue weighted by Gasteiger charge is -2.27. The molecule has 9 nitrogen and oxygen atoms in total. The monoisotopic (exact) mass is 447 g/mol. The first-order chi connectivity index (χ1) is 15.1. The summed E-state index contributed by atoms with van der Waals surface area (Å²) < 4.78 is 11.3. The third kappa shape index (κ3) is 6.71. The second-order valence-corrected chi connectivity index (χ2v) is 8.90. The van der Waals surface area contributed by atoms with Gasteiger partial charge in [-0.05, 0) is 71.8 Å². The van der Waals surface area contributed by atoms with E-state index >= 15 is 0 Å². The first-order valence-electron chi connectivity index (χ1n) is 10.6. The molecule has 1 amide bonds. The van der Waals surface area contributed by atoms with Gasteiger partial charge in [0.2, 0.25) is 0 Å². The van der Waals surface area contributed by atoms with Gasteiger partial charge in [-0.2, -0.15) is 0 Å². The molecular formula is C23H33N3O6. The Morgan fingerprint density at radius 2 is 2.00 bits per heavy atom. The number of likely N-dealkylation sites (N-methyl/N-ethyl adjacent to an activating group) is 1. The third-order valence-corrected chi connectivity index (χ3v) is 4.94. The van der Waals surface area contributed by atoms with Gasteiger partial charge in [-0.1, -0.05) is 6.07 Å². The van der Waals surface area contributed by atoms with Crippen LogP contribution in [0.1, 0.15) is 39.2 Å². The molecule has 1 saturated heterocycles. The lowest BCUT2D eigenvalue weighted by Crippen LogP contribution is -2.44. The average Bonchev–Trinajstić information content (AvgIpc) is 3.33. The minimum atomic E-state index is -0.621. The van der Waals surface area contributed by atoms with E-state index in [0.717, 1.165) is 35.9 Å². The highest BCUT2D eigenvalue weighted by atomic mass is 16.6. The molecule has 1 aliphatic heterocycles. The van der Waals surface area contributed by atoms with Gasteiger partial charge in [0.25, 0.3) is 6.47 Å². The molecule has 2 heterocycles. The molecule has 1 aromatic carbocycles. The normalized spacial score (nSPS) is 15.9. The van der Waals surface area contributed by atoms with Gasteiger partial charge in [0.05, 0.1) is 0 Å². The number of nitrogens with one attached hydrogen (secondary N) is 1. The fraction of sp³-hybridized carbons (Fsp3) is 0.522. The van der Waals surface area contributed by atoms with Crippen LogP contribution in [0.5, 0.6) is 5.75 Å². The number of fused-ring (bicyclic) bond motifs is 1. The highest BCUT2D eigenvalue weighted by molar-refractivity contribution is 5.92. The van der Waals surface area contributed by atoms with Crippen LogP contribution in [0.15, 0.2) is 24.4 Å². The minimum absolute atomic E-state index is 0.250. The molecule has 0 spiro atoms. The summed E-state index contributed by atoms with van der Waals surface area (Å²) in [6, 6.07) is 5.01. The van der Waals surface area contributed by atoms with E-state index in [0.29, 0.717) is 18.7 Å². The van der Waals surface area contributed by atoms with Crippen LogP contribution in [0.4, 0.5) is 4.79 Å². The summed E-state index contributed by atoms with van der Waals surface area (Å²) >= 11 is 0. The molecule has 176 valence electrons. The summed E-state index contributed by atoms with van der Waals surface area (Å²) in [5, 5.41) is 7.81. The summed E-state index contributed by atoms with van der Waals surface area (Å²) in [4.78, 5) is 40.7. The molecule has 2 N–H and O–H groups in total. The molecule has 2 aromatic rings. The van der Waals surface area contributed by atoms with Crippen LogP contribution in [0.3, 0.4) is 0 Å². The topological polar surface area (TPSA) is 112 Å². The van der Waals surface area contributed by atoms with Crippen molar-refractivity contribution in [3.8, 4) is 5.75 Å². The number of esters is 1. The van der Waals surface area contributed by atoms with Gasteiger partial charge in [-0.3, -0.25) is 9.69 Å². The van der Waals surface area contributed by atoms with Gasteiger partial charge in [-0.15, -0.1) is 0 Å². The van der Waals surface area contributed by atoms with Crippen molar-refractivity contribution in [2.24, 2.45) is 0 Å². The number of carboxylic acid groups (broad SMARTS) is 1. The van der Waals surface area contributed by atoms with Crippen molar-refractivity contribution in [3.63, 3.8) is 0 Å². The maximum absolute atomic E-state index is 12.9. The van der Waals surface area contributed by atoms with Crippen LogP contribution in [0.25, 0.3) is 10.9 Å². The Labute approximate surface area is 188 Å². The van der Waals surface area contributed by atoms with Gasteiger partial charge in [0.15, 0.2) is 0 Å². The van der Waals surface area contributed by atoms with E-state index < -0.39 is 23.7 Å². The van der Waals surface area contributed by atoms with Gasteiger partial charge in [0.1, 0.15) is 17.4 Å². The largest absolute Gasteiger partial charge is 0.483 e. The number of rotatable bonds is 5. The first-order valence-corrected chi connectivity index (χ1v) is 10.6. The molecule has 0 aliphatic carbocycles. The quantitative estimate of drug-likeness (QED) is 0.411. The predicted octanol–water partition coefficient (Wildman–Crippen LogP) is 3.28. The van der Waals surface area contributed by atoms with Gasteiger partial charge >= 0.3 is 12.1 Å². The summed E-state index contributed by atoms with van der Waals surface area (Å²) in [6.45, 7) is 6.59. The number of carbonyl (C=O) groups is 3. The van der Waals surface area contributed by atoms with E-state index in [1.165, 1.54) is 4.90 Å². The Morgan fingerprint density at radius 3 is 2.62 bits per heavy atom. The number of likely N-dealkylation sites (tertiary alicyclic amines) is 1. The second kappa shape index (κ2) is 11.0. The zero-order valence-electron chi connectivity index (χ0n) is 19.4. The van der Waals surface area contributed by atoms with Crippen molar-refractivity contribution >= 4 is 29.4 Å². The Bertz CT molecular complexity index is 931. The SMILES string of the molecule is CN(C)CCc1c[nH]c2cccc(OC(=O)C3CCCN3C(=O)OC(C)(C)C)c12.O=CO. The lowest BCUT2D eigenvalue weighted by atomic mass is 10.1. The molecule has 1 atom stereocenters. The summed E-state index contributed by atoms with van der Waals surface area (Å²) in [6.07, 6.45) is 3.67. The fourth-order valence-corrected chi connectivity index (χ4v) is 3.57. The maximum Gasteiger partial charge on any atom is 0.411 e. The summed E-state index contributed by atoms with van der Waals surface area (Å²) in [5.74, 6) is 0.110. The Kier molecular flexibility index (Phi) is 8.65. The minimum Gasteiger partial charge on any atom is -0.483 e. The predicted molar refractivity (Wildman–Crippen MR) is 121 cm³/mol.